The fourth-order valence-electron chi connectivity index (χ4n) is 3.08. The van der Waals surface area contributed by atoms with Crippen molar-refractivity contribution in [3.05, 3.63) is 65.4 Å². The number of nitrogens with one attached hydrogen (secondary N) is 3. The number of para-hydroxylation sites is 1. The Bertz CT molecular complexity index is 959. The van der Waals surface area contributed by atoms with Crippen LogP contribution in [0.2, 0.25) is 0 Å². The van der Waals surface area contributed by atoms with E-state index in [-0.39, 0.29) is 11.8 Å². The Kier molecular flexibility index (Phi) is 5.91. The van der Waals surface area contributed by atoms with Gasteiger partial charge in [0.2, 0.25) is 0 Å². The lowest BCUT2D eigenvalue weighted by Crippen LogP contribution is -2.26. The summed E-state index contributed by atoms with van der Waals surface area (Å²) in [7, 11) is 0. The molecule has 0 saturated heterocycles. The van der Waals surface area contributed by atoms with E-state index in [4.69, 9.17) is 0 Å². The highest BCUT2D eigenvalue weighted by Gasteiger charge is 2.20. The number of carbonyl (C=O) groups is 2. The van der Waals surface area contributed by atoms with Gasteiger partial charge in [-0.1, -0.05) is 55.7 Å². The largest absolute Gasteiger partial charge is 0.351 e. The fourth-order valence-corrected chi connectivity index (χ4v) is 3.08. The van der Waals surface area contributed by atoms with E-state index in [1.807, 2.05) is 49.4 Å². The molecule has 3 N–H and O–H groups in total. The van der Waals surface area contributed by atoms with E-state index in [1.54, 1.807) is 6.07 Å². The van der Waals surface area contributed by atoms with Gasteiger partial charge in [-0.15, -0.1) is 0 Å². The summed E-state index contributed by atoms with van der Waals surface area (Å²) in [4.78, 5) is 28.5. The van der Waals surface area contributed by atoms with Crippen molar-refractivity contribution in [1.82, 2.24) is 10.3 Å². The van der Waals surface area contributed by atoms with Crippen LogP contribution in [0.5, 0.6) is 0 Å². The monoisotopic (exact) mass is 363 g/mol. The van der Waals surface area contributed by atoms with Crippen LogP contribution in [-0.4, -0.2) is 23.3 Å². The van der Waals surface area contributed by atoms with Gasteiger partial charge >= 0.3 is 0 Å². The van der Waals surface area contributed by atoms with E-state index < -0.39 is 0 Å². The molecule has 5 nitrogen and oxygen atoms in total. The van der Waals surface area contributed by atoms with Crippen LogP contribution in [0.4, 0.5) is 5.69 Å². The van der Waals surface area contributed by atoms with Gasteiger partial charge in [-0.25, -0.2) is 0 Å². The number of hydrogen-bond donors (Lipinski definition) is 3. The summed E-state index contributed by atoms with van der Waals surface area (Å²) in [5, 5.41) is 6.68. The predicted molar refractivity (Wildman–Crippen MR) is 109 cm³/mol. The maximum Gasteiger partial charge on any atom is 0.269 e. The lowest BCUT2D eigenvalue weighted by Gasteiger charge is -2.09. The van der Waals surface area contributed by atoms with Gasteiger partial charge in [-0.3, -0.25) is 9.59 Å². The summed E-state index contributed by atoms with van der Waals surface area (Å²) in [5.41, 5.74) is 3.29. The zero-order valence-corrected chi connectivity index (χ0v) is 15.8. The zero-order chi connectivity index (χ0) is 19.2. The first-order chi connectivity index (χ1) is 13.1. The standard InChI is InChI=1S/C22H25N3O2/c1-3-4-7-13-23-22(27)20-19(17-11-5-6-12-18(17)24-20)25-21(26)16-10-8-9-15(2)14-16/h5-6,8-12,14,24H,3-4,7,13H2,1-2H3,(H,23,27)(H,25,26). The Morgan fingerprint density at radius 1 is 1.00 bits per heavy atom. The number of aryl methyl sites for hydroxylation is 1. The quantitative estimate of drug-likeness (QED) is 0.535. The van der Waals surface area contributed by atoms with Gasteiger partial charge in [0.15, 0.2) is 0 Å². The number of benzene rings is 2. The third-order valence-corrected chi connectivity index (χ3v) is 4.52. The maximum atomic E-state index is 12.7. The molecule has 0 bridgehead atoms. The third-order valence-electron chi connectivity index (χ3n) is 4.52. The van der Waals surface area contributed by atoms with Gasteiger partial charge in [0.25, 0.3) is 11.8 Å². The van der Waals surface area contributed by atoms with Crippen molar-refractivity contribution in [3.63, 3.8) is 0 Å². The molecule has 0 fully saturated rings. The van der Waals surface area contributed by atoms with Gasteiger partial charge in [-0.2, -0.15) is 0 Å². The number of aromatic nitrogens is 1. The Hall–Kier alpha value is -3.08. The van der Waals surface area contributed by atoms with Crippen molar-refractivity contribution >= 4 is 28.4 Å². The molecule has 0 unspecified atom stereocenters. The first kappa shape index (κ1) is 18.7. The van der Waals surface area contributed by atoms with E-state index >= 15 is 0 Å². The molecular formula is C22H25N3O2. The highest BCUT2D eigenvalue weighted by molar-refractivity contribution is 6.15. The van der Waals surface area contributed by atoms with Gasteiger partial charge in [0.05, 0.1) is 5.69 Å². The highest BCUT2D eigenvalue weighted by atomic mass is 16.2. The van der Waals surface area contributed by atoms with Crippen LogP contribution < -0.4 is 10.6 Å². The van der Waals surface area contributed by atoms with Crippen molar-refractivity contribution in [3.8, 4) is 0 Å². The Morgan fingerprint density at radius 3 is 2.59 bits per heavy atom. The summed E-state index contributed by atoms with van der Waals surface area (Å²) < 4.78 is 0. The van der Waals surface area contributed by atoms with Crippen LogP contribution in [-0.2, 0) is 0 Å². The Balaban J connectivity index is 1.88. The zero-order valence-electron chi connectivity index (χ0n) is 15.8. The fraction of sp³-hybridized carbons (Fsp3) is 0.273. The number of carbonyl (C=O) groups excluding carboxylic acids is 2. The minimum Gasteiger partial charge on any atom is -0.351 e. The van der Waals surface area contributed by atoms with Crippen molar-refractivity contribution < 1.29 is 9.59 Å². The molecule has 0 atom stereocenters. The van der Waals surface area contributed by atoms with Crippen LogP contribution >= 0.6 is 0 Å². The second kappa shape index (κ2) is 8.54. The number of anilines is 1. The molecule has 0 radical (unpaired) electrons. The van der Waals surface area contributed by atoms with Crippen molar-refractivity contribution in [2.45, 2.75) is 33.1 Å². The lowest BCUT2D eigenvalue weighted by atomic mass is 10.1. The van der Waals surface area contributed by atoms with E-state index in [0.717, 1.165) is 35.7 Å². The van der Waals surface area contributed by atoms with Crippen LogP contribution in [0.15, 0.2) is 48.5 Å². The van der Waals surface area contributed by atoms with Crippen LogP contribution in [0.1, 0.15) is 52.6 Å². The smallest absolute Gasteiger partial charge is 0.269 e. The summed E-state index contributed by atoms with van der Waals surface area (Å²) in [6.45, 7) is 4.68. The molecule has 0 aliphatic rings. The topological polar surface area (TPSA) is 74.0 Å². The number of hydrogen-bond acceptors (Lipinski definition) is 2. The second-order valence-corrected chi connectivity index (χ2v) is 6.71. The number of unbranched alkanes of at least 4 members (excludes halogenated alkanes) is 2. The molecule has 140 valence electrons. The number of fused-ring (bicyclic) bond motifs is 1. The van der Waals surface area contributed by atoms with Crippen LogP contribution in [0.25, 0.3) is 10.9 Å². The lowest BCUT2D eigenvalue weighted by molar-refractivity contribution is 0.0949. The van der Waals surface area contributed by atoms with E-state index in [2.05, 4.69) is 22.5 Å². The van der Waals surface area contributed by atoms with Crippen LogP contribution in [0, 0.1) is 6.92 Å². The summed E-state index contributed by atoms with van der Waals surface area (Å²) in [6, 6.07) is 15.0. The molecule has 0 aliphatic heterocycles. The normalized spacial score (nSPS) is 10.7. The minimum absolute atomic E-state index is 0.207. The van der Waals surface area contributed by atoms with Gasteiger partial charge in [0, 0.05) is 23.0 Å². The van der Waals surface area contributed by atoms with Crippen molar-refractivity contribution in [2.24, 2.45) is 0 Å². The molecular weight excluding hydrogens is 338 g/mol. The third kappa shape index (κ3) is 4.37. The molecule has 3 aromatic rings. The molecule has 3 rings (SSSR count). The SMILES string of the molecule is CCCCCNC(=O)c1[nH]c2ccccc2c1NC(=O)c1cccc(C)c1. The first-order valence-corrected chi connectivity index (χ1v) is 9.37. The second-order valence-electron chi connectivity index (χ2n) is 6.71. The summed E-state index contributed by atoms with van der Waals surface area (Å²) in [6.07, 6.45) is 3.11. The summed E-state index contributed by atoms with van der Waals surface area (Å²) >= 11 is 0. The number of rotatable bonds is 7. The number of H-pyrrole nitrogens is 1. The molecule has 0 aliphatic carbocycles. The highest BCUT2D eigenvalue weighted by Crippen LogP contribution is 2.28. The molecule has 27 heavy (non-hydrogen) atoms. The Morgan fingerprint density at radius 2 is 1.81 bits per heavy atom. The van der Waals surface area contributed by atoms with Gasteiger partial charge < -0.3 is 15.6 Å². The van der Waals surface area contributed by atoms with E-state index in [9.17, 15) is 9.59 Å². The maximum absolute atomic E-state index is 12.7. The molecule has 2 amide bonds. The van der Waals surface area contributed by atoms with Crippen molar-refractivity contribution in [1.29, 1.82) is 0 Å². The van der Waals surface area contributed by atoms with Crippen molar-refractivity contribution in [2.75, 3.05) is 11.9 Å². The molecule has 1 heterocycles. The average Bonchev–Trinajstić information content (AvgIpc) is 3.04. The van der Waals surface area contributed by atoms with Crippen LogP contribution in [0.3, 0.4) is 0 Å². The molecule has 0 saturated carbocycles. The van der Waals surface area contributed by atoms with E-state index in [0.29, 0.717) is 23.5 Å². The minimum atomic E-state index is -0.233. The average molecular weight is 363 g/mol. The molecule has 0 spiro atoms. The van der Waals surface area contributed by atoms with Gasteiger partial charge in [-0.05, 0) is 31.5 Å². The first-order valence-electron chi connectivity index (χ1n) is 9.37. The van der Waals surface area contributed by atoms with Gasteiger partial charge in [0.1, 0.15) is 5.69 Å². The molecule has 5 heteroatoms. The Labute approximate surface area is 159 Å². The number of aromatic amines is 1. The molecule has 1 aromatic heterocycles. The van der Waals surface area contributed by atoms with E-state index in [1.165, 1.54) is 0 Å². The predicted octanol–water partition coefficient (Wildman–Crippen LogP) is 4.65. The summed E-state index contributed by atoms with van der Waals surface area (Å²) in [5.74, 6) is -0.440. The molecule has 2 aromatic carbocycles. The number of amides is 2.